The SMILES string of the molecule is CCC(C)CSc1ccc(N)c2cnc(C)cc12. The first-order valence-corrected chi connectivity index (χ1v) is 7.38. The second-order valence-electron chi connectivity index (χ2n) is 4.85. The molecule has 0 saturated heterocycles. The Kier molecular flexibility index (Phi) is 4.12. The molecule has 0 fully saturated rings. The molecule has 0 amide bonds. The first-order valence-electron chi connectivity index (χ1n) is 6.39. The van der Waals surface area contributed by atoms with Crippen molar-refractivity contribution in [3.8, 4) is 0 Å². The summed E-state index contributed by atoms with van der Waals surface area (Å²) in [5.41, 5.74) is 7.86. The van der Waals surface area contributed by atoms with Gasteiger partial charge in [0.25, 0.3) is 0 Å². The van der Waals surface area contributed by atoms with Crippen molar-refractivity contribution in [2.45, 2.75) is 32.1 Å². The zero-order valence-electron chi connectivity index (χ0n) is 11.2. The average Bonchev–Trinajstić information content (AvgIpc) is 2.37. The molecule has 1 heterocycles. The largest absolute Gasteiger partial charge is 0.398 e. The molecule has 2 nitrogen and oxygen atoms in total. The fourth-order valence-electron chi connectivity index (χ4n) is 1.81. The standard InChI is InChI=1S/C15H20N2S/c1-4-10(2)9-18-15-6-5-14(16)13-8-17-11(3)7-12(13)15/h5-8,10H,4,9,16H2,1-3H3. The maximum atomic E-state index is 6.01. The van der Waals surface area contributed by atoms with Crippen LogP contribution in [0.5, 0.6) is 0 Å². The van der Waals surface area contributed by atoms with Crippen LogP contribution in [0, 0.1) is 12.8 Å². The minimum atomic E-state index is 0.741. The highest BCUT2D eigenvalue weighted by atomic mass is 32.2. The van der Waals surface area contributed by atoms with E-state index in [2.05, 4.69) is 31.0 Å². The van der Waals surface area contributed by atoms with Crippen LogP contribution in [-0.2, 0) is 0 Å². The van der Waals surface area contributed by atoms with Crippen molar-refractivity contribution in [2.75, 3.05) is 11.5 Å². The molecule has 18 heavy (non-hydrogen) atoms. The number of fused-ring (bicyclic) bond motifs is 1. The van der Waals surface area contributed by atoms with Crippen molar-refractivity contribution in [1.29, 1.82) is 0 Å². The van der Waals surface area contributed by atoms with Crippen LogP contribution < -0.4 is 5.73 Å². The van der Waals surface area contributed by atoms with Gasteiger partial charge in [-0.3, -0.25) is 4.98 Å². The third-order valence-corrected chi connectivity index (χ3v) is 4.65. The number of aromatic nitrogens is 1. The summed E-state index contributed by atoms with van der Waals surface area (Å²) in [6.45, 7) is 6.55. The summed E-state index contributed by atoms with van der Waals surface area (Å²) >= 11 is 1.92. The Morgan fingerprint density at radius 3 is 2.83 bits per heavy atom. The van der Waals surface area contributed by atoms with Crippen molar-refractivity contribution < 1.29 is 0 Å². The van der Waals surface area contributed by atoms with Gasteiger partial charge in [-0.25, -0.2) is 0 Å². The minimum Gasteiger partial charge on any atom is -0.398 e. The van der Waals surface area contributed by atoms with Gasteiger partial charge in [0.15, 0.2) is 0 Å². The Bertz CT molecular complexity index is 551. The lowest BCUT2D eigenvalue weighted by Gasteiger charge is -2.11. The number of anilines is 1. The van der Waals surface area contributed by atoms with E-state index in [1.807, 2.05) is 30.9 Å². The van der Waals surface area contributed by atoms with Crippen LogP contribution in [0.25, 0.3) is 10.8 Å². The molecule has 0 aliphatic rings. The van der Waals surface area contributed by atoms with E-state index in [-0.39, 0.29) is 0 Å². The normalized spacial score (nSPS) is 12.8. The number of aryl methyl sites for hydroxylation is 1. The van der Waals surface area contributed by atoms with Gasteiger partial charge in [-0.05, 0) is 31.0 Å². The summed E-state index contributed by atoms with van der Waals surface area (Å²) in [7, 11) is 0. The average molecular weight is 260 g/mol. The number of nitrogen functional groups attached to an aromatic ring is 1. The van der Waals surface area contributed by atoms with Crippen molar-refractivity contribution in [3.63, 3.8) is 0 Å². The number of nitrogens with zero attached hydrogens (tertiary/aromatic N) is 1. The Labute approximate surface area is 113 Å². The number of benzene rings is 1. The highest BCUT2D eigenvalue weighted by Crippen LogP contribution is 2.32. The van der Waals surface area contributed by atoms with Gasteiger partial charge < -0.3 is 5.73 Å². The van der Waals surface area contributed by atoms with Gasteiger partial charge in [-0.2, -0.15) is 0 Å². The highest BCUT2D eigenvalue weighted by Gasteiger charge is 2.07. The summed E-state index contributed by atoms with van der Waals surface area (Å²) in [5, 5.41) is 2.30. The zero-order chi connectivity index (χ0) is 13.1. The number of thioether (sulfide) groups is 1. The molecule has 1 aromatic carbocycles. The molecule has 1 atom stereocenters. The third-order valence-electron chi connectivity index (χ3n) is 3.25. The monoisotopic (exact) mass is 260 g/mol. The first-order chi connectivity index (χ1) is 8.61. The van der Waals surface area contributed by atoms with Crippen LogP contribution in [0.2, 0.25) is 0 Å². The van der Waals surface area contributed by atoms with E-state index < -0.39 is 0 Å². The predicted molar refractivity (Wildman–Crippen MR) is 81.1 cm³/mol. The second-order valence-corrected chi connectivity index (χ2v) is 5.91. The van der Waals surface area contributed by atoms with Gasteiger partial charge in [-0.15, -0.1) is 11.8 Å². The maximum Gasteiger partial charge on any atom is 0.0410 e. The summed E-state index contributed by atoms with van der Waals surface area (Å²) < 4.78 is 0. The van der Waals surface area contributed by atoms with Crippen molar-refractivity contribution >= 4 is 28.2 Å². The molecular formula is C15H20N2S. The lowest BCUT2D eigenvalue weighted by Crippen LogP contribution is -1.96. The topological polar surface area (TPSA) is 38.9 Å². The molecule has 2 aromatic rings. The van der Waals surface area contributed by atoms with E-state index in [0.717, 1.165) is 28.4 Å². The summed E-state index contributed by atoms with van der Waals surface area (Å²) in [6, 6.07) is 6.24. The second kappa shape index (κ2) is 5.61. The quantitative estimate of drug-likeness (QED) is 0.659. The number of pyridine rings is 1. The van der Waals surface area contributed by atoms with Gasteiger partial charge in [0.1, 0.15) is 0 Å². The van der Waals surface area contributed by atoms with Crippen molar-refractivity contribution in [3.05, 3.63) is 30.1 Å². The first kappa shape index (κ1) is 13.2. The Morgan fingerprint density at radius 2 is 2.11 bits per heavy atom. The molecule has 0 spiro atoms. The van der Waals surface area contributed by atoms with Crippen LogP contribution in [0.3, 0.4) is 0 Å². The van der Waals surface area contributed by atoms with E-state index >= 15 is 0 Å². The Morgan fingerprint density at radius 1 is 1.33 bits per heavy atom. The Balaban J connectivity index is 2.38. The molecule has 0 saturated carbocycles. The number of hydrogen-bond acceptors (Lipinski definition) is 3. The molecule has 0 radical (unpaired) electrons. The lowest BCUT2D eigenvalue weighted by atomic mass is 10.1. The van der Waals surface area contributed by atoms with Crippen molar-refractivity contribution in [2.24, 2.45) is 5.92 Å². The fourth-order valence-corrected chi connectivity index (χ4v) is 3.00. The van der Waals surface area contributed by atoms with Gasteiger partial charge >= 0.3 is 0 Å². The van der Waals surface area contributed by atoms with Gasteiger partial charge in [0, 0.05) is 39.0 Å². The summed E-state index contributed by atoms with van der Waals surface area (Å²) in [6.07, 6.45) is 3.10. The molecule has 0 aliphatic carbocycles. The van der Waals surface area contributed by atoms with Crippen LogP contribution in [0.4, 0.5) is 5.69 Å². The smallest absolute Gasteiger partial charge is 0.0410 e. The van der Waals surface area contributed by atoms with Crippen LogP contribution >= 0.6 is 11.8 Å². The molecule has 3 heteroatoms. The maximum absolute atomic E-state index is 6.01. The summed E-state index contributed by atoms with van der Waals surface area (Å²) in [4.78, 5) is 5.64. The molecule has 2 N–H and O–H groups in total. The Hall–Kier alpha value is -1.22. The van der Waals surface area contributed by atoms with Crippen molar-refractivity contribution in [1.82, 2.24) is 4.98 Å². The van der Waals surface area contributed by atoms with Gasteiger partial charge in [0.05, 0.1) is 0 Å². The van der Waals surface area contributed by atoms with Crippen LogP contribution in [0.1, 0.15) is 26.0 Å². The van der Waals surface area contributed by atoms with E-state index in [1.165, 1.54) is 16.7 Å². The fraction of sp³-hybridized carbons (Fsp3) is 0.400. The van der Waals surface area contributed by atoms with Gasteiger partial charge in [-0.1, -0.05) is 20.3 Å². The molecular weight excluding hydrogens is 240 g/mol. The number of hydrogen-bond donors (Lipinski definition) is 1. The van der Waals surface area contributed by atoms with E-state index in [4.69, 9.17) is 5.73 Å². The van der Waals surface area contributed by atoms with E-state index in [1.54, 1.807) is 0 Å². The van der Waals surface area contributed by atoms with Crippen LogP contribution in [-0.4, -0.2) is 10.7 Å². The summed E-state index contributed by atoms with van der Waals surface area (Å²) in [5.74, 6) is 1.89. The third kappa shape index (κ3) is 2.78. The van der Waals surface area contributed by atoms with Crippen LogP contribution in [0.15, 0.2) is 29.3 Å². The molecule has 1 unspecified atom stereocenters. The van der Waals surface area contributed by atoms with E-state index in [9.17, 15) is 0 Å². The zero-order valence-corrected chi connectivity index (χ0v) is 12.1. The van der Waals surface area contributed by atoms with E-state index in [0.29, 0.717) is 0 Å². The molecule has 0 aliphatic heterocycles. The number of nitrogens with two attached hydrogens (primary N) is 1. The molecule has 0 bridgehead atoms. The van der Waals surface area contributed by atoms with Gasteiger partial charge in [0.2, 0.25) is 0 Å². The lowest BCUT2D eigenvalue weighted by molar-refractivity contribution is 0.637. The molecule has 96 valence electrons. The number of rotatable bonds is 4. The minimum absolute atomic E-state index is 0.741. The molecule has 2 rings (SSSR count). The molecule has 1 aromatic heterocycles. The predicted octanol–water partition coefficient (Wildman–Crippen LogP) is 4.26. The highest BCUT2D eigenvalue weighted by molar-refractivity contribution is 7.99.